The second-order valence-corrected chi connectivity index (χ2v) is 3.24. The summed E-state index contributed by atoms with van der Waals surface area (Å²) in [6.45, 7) is 1.90. The third-order valence-electron chi connectivity index (χ3n) is 2.23. The van der Waals surface area contributed by atoms with Crippen LogP contribution < -0.4 is 11.5 Å². The molecule has 3 nitrogen and oxygen atoms in total. The van der Waals surface area contributed by atoms with Crippen molar-refractivity contribution in [3.05, 3.63) is 36.3 Å². The van der Waals surface area contributed by atoms with Crippen molar-refractivity contribution in [2.24, 2.45) is 0 Å². The molecule has 1 aromatic carbocycles. The van der Waals surface area contributed by atoms with Gasteiger partial charge in [0.05, 0.1) is 6.26 Å². The number of furan rings is 1. The Labute approximate surface area is 82.3 Å². The highest BCUT2D eigenvalue weighted by molar-refractivity contribution is 5.80. The fraction of sp³-hybridized carbons (Fsp3) is 0.0909. The van der Waals surface area contributed by atoms with Gasteiger partial charge in [0.2, 0.25) is 0 Å². The predicted molar refractivity (Wildman–Crippen MR) is 57.7 cm³/mol. The smallest absolute Gasteiger partial charge is 0.108 e. The van der Waals surface area contributed by atoms with Crippen LogP contribution >= 0.6 is 0 Å². The number of nitrogens with two attached hydrogens (primary N) is 2. The van der Waals surface area contributed by atoms with Gasteiger partial charge in [0.25, 0.3) is 0 Å². The van der Waals surface area contributed by atoms with Gasteiger partial charge in [-0.3, -0.25) is 0 Å². The van der Waals surface area contributed by atoms with E-state index in [0.29, 0.717) is 11.4 Å². The molecule has 0 fully saturated rings. The quantitative estimate of drug-likeness (QED) is 0.675. The Morgan fingerprint density at radius 3 is 2.50 bits per heavy atom. The molecule has 0 bridgehead atoms. The summed E-state index contributed by atoms with van der Waals surface area (Å²) in [5.41, 5.74) is 14.9. The van der Waals surface area contributed by atoms with E-state index < -0.39 is 0 Å². The summed E-state index contributed by atoms with van der Waals surface area (Å²) < 4.78 is 5.22. The Morgan fingerprint density at radius 2 is 1.86 bits per heavy atom. The van der Waals surface area contributed by atoms with Gasteiger partial charge >= 0.3 is 0 Å². The third kappa shape index (κ3) is 1.33. The van der Waals surface area contributed by atoms with Crippen LogP contribution in [-0.4, -0.2) is 0 Å². The van der Waals surface area contributed by atoms with Crippen molar-refractivity contribution in [2.75, 3.05) is 11.5 Å². The van der Waals surface area contributed by atoms with Gasteiger partial charge in [-0.15, -0.1) is 0 Å². The minimum absolute atomic E-state index is 0.704. The van der Waals surface area contributed by atoms with E-state index >= 15 is 0 Å². The summed E-state index contributed by atoms with van der Waals surface area (Å²) in [5.74, 6) is 0.849. The van der Waals surface area contributed by atoms with Gasteiger partial charge in [-0.05, 0) is 31.2 Å². The van der Waals surface area contributed by atoms with Crippen LogP contribution in [0.3, 0.4) is 0 Å². The van der Waals surface area contributed by atoms with Crippen molar-refractivity contribution in [1.82, 2.24) is 0 Å². The Kier molecular flexibility index (Phi) is 1.93. The van der Waals surface area contributed by atoms with E-state index in [0.717, 1.165) is 16.9 Å². The average molecular weight is 188 g/mol. The number of rotatable bonds is 1. The van der Waals surface area contributed by atoms with Gasteiger partial charge in [0, 0.05) is 22.5 Å². The van der Waals surface area contributed by atoms with Crippen LogP contribution in [0.4, 0.5) is 11.4 Å². The van der Waals surface area contributed by atoms with E-state index in [1.165, 1.54) is 0 Å². The molecular formula is C11H12N2O. The topological polar surface area (TPSA) is 65.2 Å². The molecule has 0 aliphatic rings. The molecule has 0 saturated carbocycles. The van der Waals surface area contributed by atoms with Crippen molar-refractivity contribution < 1.29 is 4.42 Å². The first kappa shape index (κ1) is 8.69. The first-order valence-corrected chi connectivity index (χ1v) is 4.38. The molecule has 0 radical (unpaired) electrons. The Balaban J connectivity index is 2.62. The van der Waals surface area contributed by atoms with Crippen LogP contribution in [-0.2, 0) is 0 Å². The standard InChI is InChI=1S/C11H12N2O/c1-7-9(4-5-14-7)10-6-8(12)2-3-11(10)13/h2-6H,12-13H2,1H3. The molecule has 0 atom stereocenters. The van der Waals surface area contributed by atoms with Crippen LogP contribution in [0.2, 0.25) is 0 Å². The largest absolute Gasteiger partial charge is 0.469 e. The van der Waals surface area contributed by atoms with Gasteiger partial charge in [-0.1, -0.05) is 0 Å². The molecule has 0 aliphatic carbocycles. The average Bonchev–Trinajstić information content (AvgIpc) is 2.56. The van der Waals surface area contributed by atoms with E-state index in [9.17, 15) is 0 Å². The van der Waals surface area contributed by atoms with Crippen molar-refractivity contribution in [1.29, 1.82) is 0 Å². The third-order valence-corrected chi connectivity index (χ3v) is 2.23. The minimum atomic E-state index is 0.704. The number of anilines is 2. The lowest BCUT2D eigenvalue weighted by molar-refractivity contribution is 0.535. The Bertz CT molecular complexity index is 460. The highest BCUT2D eigenvalue weighted by Gasteiger charge is 2.07. The molecule has 0 unspecified atom stereocenters. The van der Waals surface area contributed by atoms with Crippen molar-refractivity contribution in [2.45, 2.75) is 6.92 Å². The fourth-order valence-electron chi connectivity index (χ4n) is 1.47. The zero-order valence-electron chi connectivity index (χ0n) is 7.95. The molecule has 0 aliphatic heterocycles. The summed E-state index contributed by atoms with van der Waals surface area (Å²) in [7, 11) is 0. The molecule has 0 spiro atoms. The van der Waals surface area contributed by atoms with Gasteiger partial charge < -0.3 is 15.9 Å². The molecule has 1 heterocycles. The second kappa shape index (κ2) is 3.10. The first-order valence-electron chi connectivity index (χ1n) is 4.38. The van der Waals surface area contributed by atoms with Crippen molar-refractivity contribution >= 4 is 11.4 Å². The lowest BCUT2D eigenvalue weighted by Crippen LogP contribution is -1.92. The lowest BCUT2D eigenvalue weighted by Gasteiger charge is -2.05. The molecule has 0 saturated heterocycles. The molecule has 2 aromatic rings. The zero-order chi connectivity index (χ0) is 10.1. The molecule has 14 heavy (non-hydrogen) atoms. The number of hydrogen-bond donors (Lipinski definition) is 2. The number of benzene rings is 1. The highest BCUT2D eigenvalue weighted by atomic mass is 16.3. The summed E-state index contributed by atoms with van der Waals surface area (Å²) in [6, 6.07) is 7.33. The van der Waals surface area contributed by atoms with E-state index in [-0.39, 0.29) is 0 Å². The number of aryl methyl sites for hydroxylation is 1. The predicted octanol–water partition coefficient (Wildman–Crippen LogP) is 2.42. The SMILES string of the molecule is Cc1occc1-c1cc(N)ccc1N. The first-order chi connectivity index (χ1) is 6.68. The maximum absolute atomic E-state index is 5.85. The monoisotopic (exact) mass is 188 g/mol. The van der Waals surface area contributed by atoms with Crippen LogP contribution in [0.15, 0.2) is 34.9 Å². The molecule has 0 amide bonds. The van der Waals surface area contributed by atoms with Crippen LogP contribution in [0.1, 0.15) is 5.76 Å². The molecule has 1 aromatic heterocycles. The highest BCUT2D eigenvalue weighted by Crippen LogP contribution is 2.30. The number of nitrogen functional groups attached to an aromatic ring is 2. The maximum atomic E-state index is 5.85. The molecule has 4 N–H and O–H groups in total. The summed E-state index contributed by atoms with van der Waals surface area (Å²) in [5, 5.41) is 0. The van der Waals surface area contributed by atoms with Crippen LogP contribution in [0, 0.1) is 6.92 Å². The molecule has 72 valence electrons. The number of hydrogen-bond acceptors (Lipinski definition) is 3. The van der Waals surface area contributed by atoms with E-state index in [4.69, 9.17) is 15.9 Å². The van der Waals surface area contributed by atoms with Gasteiger partial charge in [0.1, 0.15) is 5.76 Å². The van der Waals surface area contributed by atoms with Crippen molar-refractivity contribution in [3.63, 3.8) is 0 Å². The normalized spacial score (nSPS) is 10.4. The van der Waals surface area contributed by atoms with Crippen LogP contribution in [0.25, 0.3) is 11.1 Å². The molecule has 2 rings (SSSR count). The van der Waals surface area contributed by atoms with E-state index in [2.05, 4.69) is 0 Å². The zero-order valence-corrected chi connectivity index (χ0v) is 7.95. The van der Waals surface area contributed by atoms with Crippen molar-refractivity contribution in [3.8, 4) is 11.1 Å². The molecular weight excluding hydrogens is 176 g/mol. The fourth-order valence-corrected chi connectivity index (χ4v) is 1.47. The second-order valence-electron chi connectivity index (χ2n) is 3.24. The maximum Gasteiger partial charge on any atom is 0.108 e. The van der Waals surface area contributed by atoms with Gasteiger partial charge in [-0.2, -0.15) is 0 Å². The van der Waals surface area contributed by atoms with E-state index in [1.54, 1.807) is 18.4 Å². The molecule has 3 heteroatoms. The summed E-state index contributed by atoms with van der Waals surface area (Å²) >= 11 is 0. The van der Waals surface area contributed by atoms with Crippen LogP contribution in [0.5, 0.6) is 0 Å². The Hall–Kier alpha value is -1.90. The van der Waals surface area contributed by atoms with Gasteiger partial charge in [-0.25, -0.2) is 0 Å². The summed E-state index contributed by atoms with van der Waals surface area (Å²) in [6.07, 6.45) is 1.65. The van der Waals surface area contributed by atoms with E-state index in [1.807, 2.05) is 19.1 Å². The Morgan fingerprint density at radius 1 is 1.07 bits per heavy atom. The minimum Gasteiger partial charge on any atom is -0.469 e. The van der Waals surface area contributed by atoms with Gasteiger partial charge in [0.15, 0.2) is 0 Å². The summed E-state index contributed by atoms with van der Waals surface area (Å²) in [4.78, 5) is 0. The lowest BCUT2D eigenvalue weighted by atomic mass is 10.0.